The Labute approximate surface area is 434 Å². The lowest BCUT2D eigenvalue weighted by Gasteiger charge is -2.47. The van der Waals surface area contributed by atoms with Crippen LogP contribution in [0, 0.1) is 11.8 Å². The molecule has 1 aromatic carbocycles. The number of phenols is 2. The summed E-state index contributed by atoms with van der Waals surface area (Å²) in [4.78, 5) is 53.0. The van der Waals surface area contributed by atoms with E-state index in [1.807, 2.05) is 26.0 Å². The van der Waals surface area contributed by atoms with Gasteiger partial charge in [0.15, 0.2) is 48.2 Å². The topological polar surface area (TPSA) is 263 Å². The number of esters is 3. The molecule has 402 valence electrons. The van der Waals surface area contributed by atoms with Gasteiger partial charge in [-0.2, -0.15) is 0 Å². The highest BCUT2D eigenvalue weighted by molar-refractivity contribution is 9.10. The SMILES string of the molecule is CCc1c(Br)c(O)c(Cl)c(O)c1C(=O)O[C@@H]1[C@@H](O)[C@@H](OC)[C@@H](OCC2=CC=CCC(O)C(C)=CC(CC)C(O[C@@H]3OC(C)(C)[C@@H](OC(=O)C(C)C)[C@H](O)[C@@H]3O)C(C)=CC(C)=CCC(C(C)=O)OC2=O)O[C@H]1C. The lowest BCUT2D eigenvalue weighted by Crippen LogP contribution is -2.64. The second-order valence-corrected chi connectivity index (χ2v) is 20.4. The van der Waals surface area contributed by atoms with Crippen molar-refractivity contribution in [2.24, 2.45) is 11.8 Å². The molecule has 0 aromatic heterocycles. The monoisotopic (exact) mass is 1100 g/mol. The number of carbonyl (C=O) groups excluding carboxylic acids is 4. The van der Waals surface area contributed by atoms with Gasteiger partial charge < -0.3 is 68.5 Å². The molecule has 3 heterocycles. The second kappa shape index (κ2) is 26.5. The van der Waals surface area contributed by atoms with Crippen LogP contribution < -0.4 is 0 Å². The number of cyclic esters (lactones) is 1. The Kier molecular flexibility index (Phi) is 22.3. The number of phenolic OH excluding ortho intramolecular Hbond substituents is 2. The standard InChI is InChI=1S/C52H72BrClO18/c1-13-30-22-26(6)33(56)18-16-15-17-31(23-66-51-45(65-12)42(61)44(29(9)67-51)69-49(64)35-32(14-2)36(53)39(58)37(54)38(35)57)48(63)68-34(28(8)55)20-19-25(5)21-27(7)43(30)70-50-41(60)40(59)46(52(10,11)72-50)71-47(62)24(3)4/h15-17,19,21-22,24,29-30,33-34,40-46,50-51,56-61H,13-14,18,20,23H2,1-12H3/t29-,30?,33?,34?,40+,41-,42+,43?,44-,45+,46-,50+,51-/m0/s1. The van der Waals surface area contributed by atoms with Crippen LogP contribution in [0.2, 0.25) is 5.02 Å². The number of hydrogen-bond acceptors (Lipinski definition) is 18. The normalized spacial score (nSPS) is 31.0. The van der Waals surface area contributed by atoms with Gasteiger partial charge in [0.1, 0.15) is 40.6 Å². The number of aliphatic hydroxyl groups excluding tert-OH is 4. The molecule has 0 aliphatic carbocycles. The van der Waals surface area contributed by atoms with E-state index in [0.29, 0.717) is 23.1 Å². The number of Topliss-reactive ketones (excluding diaryl/α,β-unsaturated/α-hetero) is 1. The van der Waals surface area contributed by atoms with Crippen molar-refractivity contribution in [1.82, 2.24) is 0 Å². The number of halogens is 2. The average Bonchev–Trinajstić information content (AvgIpc) is 3.32. The van der Waals surface area contributed by atoms with Crippen molar-refractivity contribution in [2.45, 2.75) is 181 Å². The molecule has 0 spiro atoms. The van der Waals surface area contributed by atoms with Crippen molar-refractivity contribution in [3.05, 3.63) is 79.4 Å². The Morgan fingerprint density at radius 3 is 2.21 bits per heavy atom. The molecule has 20 heteroatoms. The number of rotatable bonds is 13. The molecule has 1 aromatic rings. The molecule has 0 bridgehead atoms. The summed E-state index contributed by atoms with van der Waals surface area (Å²) in [7, 11) is 1.26. The van der Waals surface area contributed by atoms with Crippen molar-refractivity contribution < 1.29 is 87.7 Å². The highest BCUT2D eigenvalue weighted by Crippen LogP contribution is 2.45. The third-order valence-electron chi connectivity index (χ3n) is 12.9. The summed E-state index contributed by atoms with van der Waals surface area (Å²) >= 11 is 9.29. The van der Waals surface area contributed by atoms with E-state index in [0.717, 1.165) is 0 Å². The zero-order valence-corrected chi connectivity index (χ0v) is 45.3. The van der Waals surface area contributed by atoms with Gasteiger partial charge in [0.05, 0.1) is 40.9 Å². The van der Waals surface area contributed by atoms with Gasteiger partial charge in [0, 0.05) is 19.4 Å². The van der Waals surface area contributed by atoms with E-state index in [2.05, 4.69) is 15.9 Å². The lowest BCUT2D eigenvalue weighted by atomic mass is 9.88. The fraction of sp³-hybridized carbons (Fsp3) is 0.615. The van der Waals surface area contributed by atoms with Gasteiger partial charge in [-0.3, -0.25) is 9.59 Å². The van der Waals surface area contributed by atoms with Crippen LogP contribution >= 0.6 is 27.5 Å². The Morgan fingerprint density at radius 2 is 1.61 bits per heavy atom. The predicted octanol–water partition coefficient (Wildman–Crippen LogP) is 6.55. The van der Waals surface area contributed by atoms with Gasteiger partial charge in [-0.25, -0.2) is 9.59 Å². The number of carbonyl (C=O) groups is 4. The molecule has 3 aliphatic heterocycles. The summed E-state index contributed by atoms with van der Waals surface area (Å²) in [5.74, 6) is -5.07. The molecule has 4 unspecified atom stereocenters. The fourth-order valence-electron chi connectivity index (χ4n) is 8.54. The minimum Gasteiger partial charge on any atom is -0.505 e. The predicted molar refractivity (Wildman–Crippen MR) is 267 cm³/mol. The van der Waals surface area contributed by atoms with Crippen LogP contribution in [0.3, 0.4) is 0 Å². The summed E-state index contributed by atoms with van der Waals surface area (Å²) in [5, 5.41) is 66.0. The zero-order chi connectivity index (χ0) is 54.1. The highest BCUT2D eigenvalue weighted by atomic mass is 79.9. The minimum absolute atomic E-state index is 0.0258. The van der Waals surface area contributed by atoms with E-state index < -0.39 is 138 Å². The number of aromatic hydroxyl groups is 2. The van der Waals surface area contributed by atoms with E-state index in [1.165, 1.54) is 33.1 Å². The summed E-state index contributed by atoms with van der Waals surface area (Å²) in [6.07, 6.45) is -4.69. The summed E-state index contributed by atoms with van der Waals surface area (Å²) in [6, 6.07) is 0. The van der Waals surface area contributed by atoms with Crippen molar-refractivity contribution in [3.8, 4) is 11.5 Å². The molecule has 72 heavy (non-hydrogen) atoms. The van der Waals surface area contributed by atoms with Crippen LogP contribution in [0.1, 0.15) is 111 Å². The number of ketones is 1. The van der Waals surface area contributed by atoms with Gasteiger partial charge >= 0.3 is 17.9 Å². The molecule has 4 rings (SSSR count). The first-order chi connectivity index (χ1) is 33.7. The summed E-state index contributed by atoms with van der Waals surface area (Å²) in [5.41, 5.74) is 0.441. The number of methoxy groups -OCH3 is 1. The molecule has 13 atom stereocenters. The molecule has 0 saturated carbocycles. The fourth-order valence-corrected chi connectivity index (χ4v) is 9.52. The third kappa shape index (κ3) is 14.6. The first-order valence-electron chi connectivity index (χ1n) is 24.0. The van der Waals surface area contributed by atoms with Crippen molar-refractivity contribution in [1.29, 1.82) is 0 Å². The maximum atomic E-state index is 13.9. The first kappa shape index (κ1) is 60.6. The number of ether oxygens (including phenoxy) is 8. The van der Waals surface area contributed by atoms with Gasteiger partial charge in [-0.05, 0) is 106 Å². The Hall–Kier alpha value is -3.99. The quantitative estimate of drug-likeness (QED) is 0.0695. The summed E-state index contributed by atoms with van der Waals surface area (Å²) in [6.45, 7) is 17.8. The van der Waals surface area contributed by atoms with Gasteiger partial charge in [-0.15, -0.1) is 0 Å². The molecule has 2 saturated heterocycles. The van der Waals surface area contributed by atoms with Gasteiger partial charge in [-0.1, -0.05) is 75.2 Å². The second-order valence-electron chi connectivity index (χ2n) is 19.2. The van der Waals surface area contributed by atoms with Gasteiger partial charge in [0.25, 0.3) is 0 Å². The molecule has 18 nitrogen and oxygen atoms in total. The number of aliphatic hydroxyl groups is 4. The number of hydrogen-bond donors (Lipinski definition) is 6. The lowest BCUT2D eigenvalue weighted by molar-refractivity contribution is -0.333. The Bertz CT molecular complexity index is 2270. The van der Waals surface area contributed by atoms with Crippen molar-refractivity contribution in [3.63, 3.8) is 0 Å². The maximum Gasteiger partial charge on any atom is 0.342 e. The Balaban J connectivity index is 1.61. The highest BCUT2D eigenvalue weighted by Gasteiger charge is 2.53. The largest absolute Gasteiger partial charge is 0.505 e. The molecule has 0 radical (unpaired) electrons. The van der Waals surface area contributed by atoms with E-state index in [-0.39, 0.29) is 40.4 Å². The average molecular weight is 1100 g/mol. The minimum atomic E-state index is -1.61. The molecule has 0 amide bonds. The van der Waals surface area contributed by atoms with E-state index in [4.69, 9.17) is 49.5 Å². The van der Waals surface area contributed by atoms with E-state index >= 15 is 0 Å². The van der Waals surface area contributed by atoms with Crippen LogP contribution in [-0.2, 0) is 58.7 Å². The van der Waals surface area contributed by atoms with E-state index in [1.54, 1.807) is 60.6 Å². The molecular formula is C52H72BrClO18. The van der Waals surface area contributed by atoms with Crippen LogP contribution in [0.15, 0.2) is 63.2 Å². The maximum absolute atomic E-state index is 13.9. The molecule has 3 aliphatic rings. The molecule has 6 N–H and O–H groups in total. The van der Waals surface area contributed by atoms with Gasteiger partial charge in [0.2, 0.25) is 0 Å². The van der Waals surface area contributed by atoms with Crippen molar-refractivity contribution in [2.75, 3.05) is 13.7 Å². The van der Waals surface area contributed by atoms with Crippen LogP contribution in [0.25, 0.3) is 0 Å². The van der Waals surface area contributed by atoms with Crippen LogP contribution in [0.5, 0.6) is 11.5 Å². The van der Waals surface area contributed by atoms with Crippen molar-refractivity contribution >= 4 is 51.2 Å². The zero-order valence-electron chi connectivity index (χ0n) is 42.9. The summed E-state index contributed by atoms with van der Waals surface area (Å²) < 4.78 is 47.5. The molecule has 2 fully saturated rings. The smallest absolute Gasteiger partial charge is 0.342 e. The number of benzene rings is 1. The van der Waals surface area contributed by atoms with Crippen LogP contribution in [-0.4, -0.2) is 147 Å². The number of allylic oxidation sites excluding steroid dienone is 4. The third-order valence-corrected chi connectivity index (χ3v) is 14.1. The van der Waals surface area contributed by atoms with Crippen LogP contribution in [0.4, 0.5) is 0 Å². The molecular weight excluding hydrogens is 1030 g/mol. The first-order valence-corrected chi connectivity index (χ1v) is 25.2. The van der Waals surface area contributed by atoms with E-state index in [9.17, 15) is 49.8 Å². The Morgan fingerprint density at radius 1 is 0.944 bits per heavy atom.